The van der Waals surface area contributed by atoms with Crippen LogP contribution in [0.15, 0.2) is 24.3 Å². The van der Waals surface area contributed by atoms with E-state index in [1.165, 1.54) is 0 Å². The number of hydrogen-bond donors (Lipinski definition) is 0. The summed E-state index contributed by atoms with van der Waals surface area (Å²) >= 11 is 0. The summed E-state index contributed by atoms with van der Waals surface area (Å²) in [6.07, 6.45) is 4.25. The van der Waals surface area contributed by atoms with Crippen molar-refractivity contribution < 1.29 is 43.0 Å². The first kappa shape index (κ1) is 20.0. The number of imide groups is 2. The molecule has 144 valence electrons. The molecule has 0 N–H and O–H groups in total. The molecule has 2 aliphatic heterocycles. The van der Waals surface area contributed by atoms with E-state index in [1.54, 1.807) is 0 Å². The number of ether oxygens (including phenoxy) is 3. The number of rotatable bonds is 10. The Bertz CT molecular complexity index is 629. The molecule has 0 radical (unpaired) electrons. The van der Waals surface area contributed by atoms with Gasteiger partial charge in [0.05, 0.1) is 13.2 Å². The van der Waals surface area contributed by atoms with Gasteiger partial charge >= 0.3 is 11.9 Å². The van der Waals surface area contributed by atoms with E-state index in [0.29, 0.717) is 0 Å². The van der Waals surface area contributed by atoms with Crippen molar-refractivity contribution in [3.63, 3.8) is 0 Å². The highest BCUT2D eigenvalue weighted by Crippen LogP contribution is 2.04. The van der Waals surface area contributed by atoms with E-state index in [1.807, 2.05) is 0 Å². The largest absolute Gasteiger partial charge is 0.462 e. The van der Waals surface area contributed by atoms with E-state index in [-0.39, 0.29) is 26.4 Å². The number of carbonyl (C=O) groups is 6. The van der Waals surface area contributed by atoms with E-state index >= 15 is 0 Å². The lowest BCUT2D eigenvalue weighted by Crippen LogP contribution is -2.36. The summed E-state index contributed by atoms with van der Waals surface area (Å²) in [6, 6.07) is 0. The third-order valence-corrected chi connectivity index (χ3v) is 3.36. The van der Waals surface area contributed by atoms with E-state index in [9.17, 15) is 28.8 Å². The monoisotopic (exact) mass is 380 g/mol. The average molecular weight is 380 g/mol. The van der Waals surface area contributed by atoms with Crippen LogP contribution in [-0.4, -0.2) is 84.9 Å². The van der Waals surface area contributed by atoms with Gasteiger partial charge in [-0.2, -0.15) is 0 Å². The van der Waals surface area contributed by atoms with Crippen molar-refractivity contribution in [2.75, 3.05) is 39.5 Å². The highest BCUT2D eigenvalue weighted by atomic mass is 16.6. The smallest absolute Gasteiger partial charge is 0.326 e. The standard InChI is InChI=1S/C16H16N2O9/c19-11-1-2-12(20)17(11)9-15(23)26-7-5-25-6-8-27-16(24)10-18-13(21)3-4-14(18)22/h1-4H,5-10H2. The topological polar surface area (TPSA) is 137 Å². The molecule has 0 saturated heterocycles. The SMILES string of the molecule is O=C(CN1C(=O)C=CC1=O)OCCOCCOC(=O)CN1C(=O)C=CC1=O. The molecule has 4 amide bonds. The Morgan fingerprint density at radius 3 is 1.30 bits per heavy atom. The molecule has 0 bridgehead atoms. The van der Waals surface area contributed by atoms with Gasteiger partial charge in [0, 0.05) is 24.3 Å². The first-order chi connectivity index (χ1) is 12.9. The van der Waals surface area contributed by atoms with Crippen LogP contribution in [0.25, 0.3) is 0 Å². The molecule has 0 spiro atoms. The fraction of sp³-hybridized carbons (Fsp3) is 0.375. The molecule has 27 heavy (non-hydrogen) atoms. The van der Waals surface area contributed by atoms with Crippen LogP contribution >= 0.6 is 0 Å². The van der Waals surface area contributed by atoms with Crippen molar-refractivity contribution in [3.8, 4) is 0 Å². The van der Waals surface area contributed by atoms with Gasteiger partial charge in [0.15, 0.2) is 0 Å². The normalized spacial score (nSPS) is 15.9. The van der Waals surface area contributed by atoms with Crippen molar-refractivity contribution in [1.82, 2.24) is 9.80 Å². The Labute approximate surface area is 153 Å². The number of nitrogens with zero attached hydrogens (tertiary/aromatic N) is 2. The van der Waals surface area contributed by atoms with Gasteiger partial charge in [-0.05, 0) is 0 Å². The van der Waals surface area contributed by atoms with Crippen molar-refractivity contribution >= 4 is 35.6 Å². The maximum Gasteiger partial charge on any atom is 0.326 e. The second-order valence-electron chi connectivity index (χ2n) is 5.25. The van der Waals surface area contributed by atoms with Crippen molar-refractivity contribution in [3.05, 3.63) is 24.3 Å². The Kier molecular flexibility index (Phi) is 6.94. The fourth-order valence-corrected chi connectivity index (χ4v) is 2.05. The summed E-state index contributed by atoms with van der Waals surface area (Å²) < 4.78 is 14.7. The van der Waals surface area contributed by atoms with Crippen LogP contribution in [0.1, 0.15) is 0 Å². The molecular formula is C16H16N2O9. The Morgan fingerprint density at radius 2 is 0.963 bits per heavy atom. The molecule has 2 heterocycles. The van der Waals surface area contributed by atoms with Crippen LogP contribution < -0.4 is 0 Å². The van der Waals surface area contributed by atoms with E-state index < -0.39 is 48.7 Å². The maximum absolute atomic E-state index is 11.5. The summed E-state index contributed by atoms with van der Waals surface area (Å²) in [7, 11) is 0. The summed E-state index contributed by atoms with van der Waals surface area (Å²) in [4.78, 5) is 69.6. The molecule has 11 heteroatoms. The zero-order valence-corrected chi connectivity index (χ0v) is 14.1. The van der Waals surface area contributed by atoms with E-state index in [4.69, 9.17) is 14.2 Å². The lowest BCUT2D eigenvalue weighted by Gasteiger charge is -2.13. The molecule has 0 fully saturated rings. The van der Waals surface area contributed by atoms with Crippen molar-refractivity contribution in [1.29, 1.82) is 0 Å². The number of esters is 2. The summed E-state index contributed by atoms with van der Waals surface area (Å²) in [5.74, 6) is -3.84. The van der Waals surface area contributed by atoms with Gasteiger partial charge in [0.1, 0.15) is 26.3 Å². The molecule has 0 saturated carbocycles. The third-order valence-electron chi connectivity index (χ3n) is 3.36. The molecule has 0 aromatic carbocycles. The van der Waals surface area contributed by atoms with Crippen molar-refractivity contribution in [2.45, 2.75) is 0 Å². The van der Waals surface area contributed by atoms with Gasteiger partial charge < -0.3 is 14.2 Å². The summed E-state index contributed by atoms with van der Waals surface area (Å²) in [6.45, 7) is -1.17. The molecule has 0 aliphatic carbocycles. The minimum Gasteiger partial charge on any atom is -0.462 e. The van der Waals surface area contributed by atoms with E-state index in [2.05, 4.69) is 0 Å². The molecule has 0 atom stereocenters. The number of carbonyl (C=O) groups excluding carboxylic acids is 6. The Balaban J connectivity index is 1.49. The van der Waals surface area contributed by atoms with E-state index in [0.717, 1.165) is 34.1 Å². The third kappa shape index (κ3) is 5.85. The average Bonchev–Trinajstić information content (AvgIpc) is 3.11. The van der Waals surface area contributed by atoms with Crippen LogP contribution in [-0.2, 0) is 43.0 Å². The fourth-order valence-electron chi connectivity index (χ4n) is 2.05. The van der Waals surface area contributed by atoms with Gasteiger partial charge in [0.2, 0.25) is 0 Å². The minimum atomic E-state index is -0.760. The predicted octanol–water partition coefficient (Wildman–Crippen LogP) is -2.06. The molecule has 2 aliphatic rings. The van der Waals surface area contributed by atoms with Gasteiger partial charge in [-0.25, -0.2) is 0 Å². The molecule has 0 aromatic rings. The highest BCUT2D eigenvalue weighted by Gasteiger charge is 2.27. The van der Waals surface area contributed by atoms with Crippen LogP contribution in [0.5, 0.6) is 0 Å². The van der Waals surface area contributed by atoms with Crippen LogP contribution in [0.3, 0.4) is 0 Å². The summed E-state index contributed by atoms with van der Waals surface area (Å²) in [5, 5.41) is 0. The van der Waals surface area contributed by atoms with Crippen LogP contribution in [0, 0.1) is 0 Å². The lowest BCUT2D eigenvalue weighted by atomic mass is 10.5. The molecule has 0 aromatic heterocycles. The Hall–Kier alpha value is -3.34. The molecule has 2 rings (SSSR count). The predicted molar refractivity (Wildman–Crippen MR) is 84.5 cm³/mol. The van der Waals surface area contributed by atoms with Gasteiger partial charge in [-0.1, -0.05) is 0 Å². The van der Waals surface area contributed by atoms with Gasteiger partial charge in [0.25, 0.3) is 23.6 Å². The zero-order chi connectivity index (χ0) is 19.8. The van der Waals surface area contributed by atoms with Gasteiger partial charge in [-0.15, -0.1) is 0 Å². The first-order valence-corrected chi connectivity index (χ1v) is 7.84. The van der Waals surface area contributed by atoms with Gasteiger partial charge in [-0.3, -0.25) is 38.6 Å². The lowest BCUT2D eigenvalue weighted by molar-refractivity contribution is -0.154. The molecular weight excluding hydrogens is 364 g/mol. The zero-order valence-electron chi connectivity index (χ0n) is 14.1. The van der Waals surface area contributed by atoms with Crippen LogP contribution in [0.2, 0.25) is 0 Å². The highest BCUT2D eigenvalue weighted by molar-refractivity contribution is 6.14. The summed E-state index contributed by atoms with van der Waals surface area (Å²) in [5.41, 5.74) is 0. The number of hydrogen-bond acceptors (Lipinski definition) is 9. The number of amides is 4. The second-order valence-corrected chi connectivity index (χ2v) is 5.25. The molecule has 0 unspecified atom stereocenters. The second kappa shape index (κ2) is 9.38. The van der Waals surface area contributed by atoms with Crippen molar-refractivity contribution in [2.24, 2.45) is 0 Å². The molecule has 11 nitrogen and oxygen atoms in total. The quantitative estimate of drug-likeness (QED) is 0.238. The Morgan fingerprint density at radius 1 is 0.630 bits per heavy atom. The van der Waals surface area contributed by atoms with Crippen LogP contribution in [0.4, 0.5) is 0 Å². The minimum absolute atomic E-state index is 0.0104. The first-order valence-electron chi connectivity index (χ1n) is 7.84. The maximum atomic E-state index is 11.5.